The van der Waals surface area contributed by atoms with Gasteiger partial charge >= 0.3 is 0 Å². The summed E-state index contributed by atoms with van der Waals surface area (Å²) in [6.07, 6.45) is 11.0. The van der Waals surface area contributed by atoms with Crippen LogP contribution in [0.25, 0.3) is 0 Å². The highest BCUT2D eigenvalue weighted by Gasteiger charge is 2.13. The molecule has 1 N–H and O–H groups in total. The minimum atomic E-state index is 0.959. The number of aromatic nitrogens is 2. The Morgan fingerprint density at radius 3 is 3.00 bits per heavy atom. The van der Waals surface area contributed by atoms with E-state index in [9.17, 15) is 0 Å². The molecule has 1 aromatic heterocycles. The van der Waals surface area contributed by atoms with Crippen LogP contribution in [-0.2, 0) is 13.1 Å². The van der Waals surface area contributed by atoms with E-state index in [-0.39, 0.29) is 0 Å². The molecule has 0 radical (unpaired) electrons. The van der Waals surface area contributed by atoms with Gasteiger partial charge in [-0.05, 0) is 25.8 Å². The number of rotatable bonds is 6. The summed E-state index contributed by atoms with van der Waals surface area (Å²) in [4.78, 5) is 4.17. The lowest BCUT2D eigenvalue weighted by molar-refractivity contribution is 0.473. The molecule has 0 amide bonds. The quantitative estimate of drug-likeness (QED) is 0.748. The SMILES string of the molecule is CCn1cncc1CNCCC1CCCC1. The molecule has 1 aliphatic rings. The van der Waals surface area contributed by atoms with E-state index in [2.05, 4.69) is 21.8 Å². The molecular formula is C13H23N3. The molecule has 16 heavy (non-hydrogen) atoms. The monoisotopic (exact) mass is 221 g/mol. The van der Waals surface area contributed by atoms with Crippen molar-refractivity contribution in [3.05, 3.63) is 18.2 Å². The van der Waals surface area contributed by atoms with Gasteiger partial charge in [0.1, 0.15) is 0 Å². The van der Waals surface area contributed by atoms with Crippen molar-refractivity contribution >= 4 is 0 Å². The lowest BCUT2D eigenvalue weighted by atomic mass is 10.0. The molecule has 3 heteroatoms. The zero-order chi connectivity index (χ0) is 11.2. The molecule has 1 saturated carbocycles. The third-order valence-corrected chi connectivity index (χ3v) is 3.65. The van der Waals surface area contributed by atoms with Crippen LogP contribution in [0, 0.1) is 5.92 Å². The van der Waals surface area contributed by atoms with Crippen LogP contribution in [0.1, 0.15) is 44.7 Å². The Hall–Kier alpha value is -0.830. The van der Waals surface area contributed by atoms with E-state index in [1.165, 1.54) is 37.8 Å². The smallest absolute Gasteiger partial charge is 0.0948 e. The summed E-state index contributed by atoms with van der Waals surface area (Å²) in [6, 6.07) is 0. The van der Waals surface area contributed by atoms with E-state index >= 15 is 0 Å². The molecular weight excluding hydrogens is 198 g/mol. The van der Waals surface area contributed by atoms with Crippen LogP contribution < -0.4 is 5.32 Å². The van der Waals surface area contributed by atoms with Crippen LogP contribution in [0.5, 0.6) is 0 Å². The van der Waals surface area contributed by atoms with Gasteiger partial charge < -0.3 is 9.88 Å². The maximum Gasteiger partial charge on any atom is 0.0948 e. The maximum absolute atomic E-state index is 4.17. The van der Waals surface area contributed by atoms with Crippen LogP contribution in [0.2, 0.25) is 0 Å². The zero-order valence-electron chi connectivity index (χ0n) is 10.3. The molecule has 90 valence electrons. The van der Waals surface area contributed by atoms with Crippen LogP contribution in [0.4, 0.5) is 0 Å². The molecule has 0 atom stereocenters. The second-order valence-electron chi connectivity index (χ2n) is 4.79. The van der Waals surface area contributed by atoms with E-state index in [4.69, 9.17) is 0 Å². The number of imidazole rings is 1. The summed E-state index contributed by atoms with van der Waals surface area (Å²) < 4.78 is 2.20. The van der Waals surface area contributed by atoms with Crippen molar-refractivity contribution in [2.75, 3.05) is 6.54 Å². The van der Waals surface area contributed by atoms with E-state index < -0.39 is 0 Å². The maximum atomic E-state index is 4.17. The van der Waals surface area contributed by atoms with Gasteiger partial charge in [-0.2, -0.15) is 0 Å². The topological polar surface area (TPSA) is 29.9 Å². The van der Waals surface area contributed by atoms with E-state index in [1.807, 2.05) is 12.5 Å². The first kappa shape index (κ1) is 11.6. The van der Waals surface area contributed by atoms with Gasteiger partial charge in [-0.3, -0.25) is 0 Å². The molecule has 1 aliphatic carbocycles. The van der Waals surface area contributed by atoms with Crippen LogP contribution in [0.3, 0.4) is 0 Å². The number of hydrogen-bond acceptors (Lipinski definition) is 2. The third-order valence-electron chi connectivity index (χ3n) is 3.65. The summed E-state index contributed by atoms with van der Waals surface area (Å²) >= 11 is 0. The first-order chi connectivity index (χ1) is 7.90. The largest absolute Gasteiger partial charge is 0.334 e. The fourth-order valence-electron chi connectivity index (χ4n) is 2.60. The number of aryl methyl sites for hydroxylation is 1. The molecule has 0 bridgehead atoms. The van der Waals surface area contributed by atoms with E-state index in [1.54, 1.807) is 0 Å². The van der Waals surface area contributed by atoms with Gasteiger partial charge in [0, 0.05) is 19.3 Å². The Labute approximate surface area is 98.3 Å². The molecule has 0 aliphatic heterocycles. The number of nitrogens with one attached hydrogen (secondary N) is 1. The minimum absolute atomic E-state index is 0.959. The molecule has 1 aromatic rings. The number of nitrogens with zero attached hydrogens (tertiary/aromatic N) is 2. The molecule has 0 spiro atoms. The Balaban J connectivity index is 1.64. The average molecular weight is 221 g/mol. The minimum Gasteiger partial charge on any atom is -0.334 e. The third kappa shape index (κ3) is 3.08. The van der Waals surface area contributed by atoms with Crippen molar-refractivity contribution in [2.24, 2.45) is 5.92 Å². The predicted octanol–water partition coefficient (Wildman–Crippen LogP) is 2.57. The second kappa shape index (κ2) is 6.04. The van der Waals surface area contributed by atoms with Crippen LogP contribution in [0.15, 0.2) is 12.5 Å². The average Bonchev–Trinajstić information content (AvgIpc) is 2.95. The highest BCUT2D eigenvalue weighted by Crippen LogP contribution is 2.26. The fraction of sp³-hybridized carbons (Fsp3) is 0.769. The van der Waals surface area contributed by atoms with E-state index in [0.29, 0.717) is 0 Å². The standard InChI is InChI=1S/C13H23N3/c1-2-16-11-15-10-13(16)9-14-8-7-12-5-3-4-6-12/h10-12,14H,2-9H2,1H3. The Bertz CT molecular complexity index is 300. The number of hydrogen-bond donors (Lipinski definition) is 1. The lowest BCUT2D eigenvalue weighted by Crippen LogP contribution is -2.18. The molecule has 1 fully saturated rings. The van der Waals surface area contributed by atoms with Gasteiger partial charge in [-0.15, -0.1) is 0 Å². The zero-order valence-corrected chi connectivity index (χ0v) is 10.3. The summed E-state index contributed by atoms with van der Waals surface area (Å²) in [5.74, 6) is 0.989. The summed E-state index contributed by atoms with van der Waals surface area (Å²) in [5.41, 5.74) is 1.30. The predicted molar refractivity (Wildman–Crippen MR) is 66.2 cm³/mol. The van der Waals surface area contributed by atoms with Crippen molar-refractivity contribution in [3.8, 4) is 0 Å². The van der Waals surface area contributed by atoms with Crippen LogP contribution in [-0.4, -0.2) is 16.1 Å². The highest BCUT2D eigenvalue weighted by atomic mass is 15.1. The molecule has 0 saturated heterocycles. The fourth-order valence-corrected chi connectivity index (χ4v) is 2.60. The van der Waals surface area contributed by atoms with Gasteiger partial charge in [-0.25, -0.2) is 4.98 Å². The van der Waals surface area contributed by atoms with E-state index in [0.717, 1.165) is 25.6 Å². The summed E-state index contributed by atoms with van der Waals surface area (Å²) in [6.45, 7) is 5.28. The molecule has 2 rings (SSSR count). The van der Waals surface area contributed by atoms with Crippen molar-refractivity contribution in [1.29, 1.82) is 0 Å². The summed E-state index contributed by atoms with van der Waals surface area (Å²) in [5, 5.41) is 3.53. The molecule has 1 heterocycles. The van der Waals surface area contributed by atoms with Gasteiger partial charge in [0.2, 0.25) is 0 Å². The highest BCUT2D eigenvalue weighted by molar-refractivity contribution is 4.97. The molecule has 0 unspecified atom stereocenters. The van der Waals surface area contributed by atoms with Gasteiger partial charge in [-0.1, -0.05) is 25.7 Å². The van der Waals surface area contributed by atoms with Gasteiger partial charge in [0.05, 0.1) is 12.0 Å². The van der Waals surface area contributed by atoms with Crippen LogP contribution >= 0.6 is 0 Å². The van der Waals surface area contributed by atoms with Gasteiger partial charge in [0.25, 0.3) is 0 Å². The Morgan fingerprint density at radius 1 is 1.44 bits per heavy atom. The molecule has 0 aromatic carbocycles. The van der Waals surface area contributed by atoms with Crippen molar-refractivity contribution in [3.63, 3.8) is 0 Å². The normalized spacial score (nSPS) is 17.1. The Kier molecular flexibility index (Phi) is 4.40. The molecule has 3 nitrogen and oxygen atoms in total. The first-order valence-electron chi connectivity index (χ1n) is 6.60. The van der Waals surface area contributed by atoms with Crippen molar-refractivity contribution in [2.45, 2.75) is 52.1 Å². The first-order valence-corrected chi connectivity index (χ1v) is 6.60. The Morgan fingerprint density at radius 2 is 2.25 bits per heavy atom. The summed E-state index contributed by atoms with van der Waals surface area (Å²) in [7, 11) is 0. The lowest BCUT2D eigenvalue weighted by Gasteiger charge is -2.10. The van der Waals surface area contributed by atoms with Crippen molar-refractivity contribution in [1.82, 2.24) is 14.9 Å². The second-order valence-corrected chi connectivity index (χ2v) is 4.79. The van der Waals surface area contributed by atoms with Gasteiger partial charge in [0.15, 0.2) is 0 Å². The van der Waals surface area contributed by atoms with Crippen molar-refractivity contribution < 1.29 is 0 Å².